The fourth-order valence-electron chi connectivity index (χ4n) is 3.22. The maximum Gasteiger partial charge on any atom is 0.340 e. The zero-order chi connectivity index (χ0) is 22.2. The molecule has 0 radical (unpaired) electrons. The average Bonchev–Trinajstić information content (AvgIpc) is 3.06. The van der Waals surface area contributed by atoms with Crippen LogP contribution in [0.25, 0.3) is 0 Å². The van der Waals surface area contributed by atoms with E-state index in [4.69, 9.17) is 10.00 Å². The van der Waals surface area contributed by atoms with Gasteiger partial charge < -0.3 is 14.6 Å². The molecule has 0 spiro atoms. The molecule has 0 aliphatic carbocycles. The van der Waals surface area contributed by atoms with Crippen LogP contribution >= 0.6 is 11.8 Å². The van der Waals surface area contributed by atoms with Gasteiger partial charge in [-0.2, -0.15) is 5.26 Å². The number of aryl methyl sites for hydroxylation is 1. The molecule has 7 heteroatoms. The van der Waals surface area contributed by atoms with E-state index in [1.165, 1.54) is 11.8 Å². The van der Waals surface area contributed by atoms with Crippen molar-refractivity contribution in [3.63, 3.8) is 0 Å². The first-order valence-electron chi connectivity index (χ1n) is 9.76. The molecular formula is C24H23N3O3S. The molecule has 2 aromatic carbocycles. The summed E-state index contributed by atoms with van der Waals surface area (Å²) >= 11 is 1.33. The number of nitrogens with one attached hydrogen (secondary N) is 1. The van der Waals surface area contributed by atoms with E-state index in [0.717, 1.165) is 21.8 Å². The van der Waals surface area contributed by atoms with Crippen molar-refractivity contribution in [3.8, 4) is 6.07 Å². The molecule has 6 nitrogen and oxygen atoms in total. The second-order valence-corrected chi connectivity index (χ2v) is 7.94. The molecule has 1 heterocycles. The topological polar surface area (TPSA) is 84.1 Å². The van der Waals surface area contributed by atoms with Gasteiger partial charge in [0.05, 0.1) is 23.1 Å². The number of nitriles is 1. The Kier molecular flexibility index (Phi) is 7.52. The highest BCUT2D eigenvalue weighted by molar-refractivity contribution is 7.99. The third-order valence-corrected chi connectivity index (χ3v) is 5.71. The van der Waals surface area contributed by atoms with Crippen molar-refractivity contribution in [2.24, 2.45) is 0 Å². The molecule has 1 N–H and O–H groups in total. The Morgan fingerprint density at radius 2 is 1.81 bits per heavy atom. The van der Waals surface area contributed by atoms with Gasteiger partial charge in [0.25, 0.3) is 5.91 Å². The zero-order valence-electron chi connectivity index (χ0n) is 17.4. The molecule has 1 aromatic heterocycles. The predicted molar refractivity (Wildman–Crippen MR) is 121 cm³/mol. The van der Waals surface area contributed by atoms with Gasteiger partial charge in [-0.05, 0) is 37.6 Å². The van der Waals surface area contributed by atoms with Crippen LogP contribution in [0.2, 0.25) is 0 Å². The van der Waals surface area contributed by atoms with E-state index in [0.29, 0.717) is 17.8 Å². The van der Waals surface area contributed by atoms with Crippen molar-refractivity contribution in [2.75, 3.05) is 17.7 Å². The van der Waals surface area contributed by atoms with Gasteiger partial charge in [-0.1, -0.05) is 42.5 Å². The summed E-state index contributed by atoms with van der Waals surface area (Å²) in [6.07, 6.45) is 0. The summed E-state index contributed by atoms with van der Waals surface area (Å²) in [7, 11) is 0. The summed E-state index contributed by atoms with van der Waals surface area (Å²) in [5.74, 6) is -0.688. The highest BCUT2D eigenvalue weighted by Gasteiger charge is 2.18. The van der Waals surface area contributed by atoms with Crippen LogP contribution in [0.15, 0.2) is 65.6 Å². The second-order valence-electron chi connectivity index (χ2n) is 6.92. The summed E-state index contributed by atoms with van der Waals surface area (Å²) in [4.78, 5) is 25.7. The Bertz CT molecular complexity index is 1120. The van der Waals surface area contributed by atoms with Crippen LogP contribution in [0.3, 0.4) is 0 Å². The van der Waals surface area contributed by atoms with E-state index in [9.17, 15) is 9.59 Å². The molecule has 1 amide bonds. The molecule has 0 fully saturated rings. The number of para-hydroxylation sites is 1. The van der Waals surface area contributed by atoms with Crippen LogP contribution < -0.4 is 5.32 Å². The minimum absolute atomic E-state index is 0.278. The molecule has 0 saturated carbocycles. The SMILES string of the molecule is Cc1cc(C(=O)OCC(=O)Nc2ccccc2SCC#N)c(C)n1Cc1ccccc1. The van der Waals surface area contributed by atoms with Crippen LogP contribution in [-0.2, 0) is 16.1 Å². The molecule has 0 bridgehead atoms. The van der Waals surface area contributed by atoms with Gasteiger partial charge in [-0.3, -0.25) is 4.79 Å². The number of esters is 1. The maximum atomic E-state index is 12.6. The van der Waals surface area contributed by atoms with Crippen molar-refractivity contribution in [3.05, 3.63) is 83.2 Å². The van der Waals surface area contributed by atoms with Crippen LogP contribution in [0.5, 0.6) is 0 Å². The lowest BCUT2D eigenvalue weighted by Gasteiger charge is -2.11. The van der Waals surface area contributed by atoms with E-state index < -0.39 is 18.5 Å². The van der Waals surface area contributed by atoms with Crippen molar-refractivity contribution in [1.29, 1.82) is 5.26 Å². The molecule has 3 rings (SSSR count). The fraction of sp³-hybridized carbons (Fsp3) is 0.208. The fourth-order valence-corrected chi connectivity index (χ4v) is 3.89. The Balaban J connectivity index is 1.62. The molecular weight excluding hydrogens is 410 g/mol. The normalized spacial score (nSPS) is 10.4. The summed E-state index contributed by atoms with van der Waals surface area (Å²) < 4.78 is 7.31. The molecule has 31 heavy (non-hydrogen) atoms. The van der Waals surface area contributed by atoms with Gasteiger partial charge in [-0.15, -0.1) is 11.8 Å². The van der Waals surface area contributed by atoms with E-state index in [1.54, 1.807) is 18.2 Å². The number of hydrogen-bond donors (Lipinski definition) is 1. The van der Waals surface area contributed by atoms with Crippen molar-refractivity contribution in [1.82, 2.24) is 4.57 Å². The maximum absolute atomic E-state index is 12.6. The number of thioether (sulfide) groups is 1. The van der Waals surface area contributed by atoms with E-state index in [1.807, 2.05) is 56.3 Å². The highest BCUT2D eigenvalue weighted by atomic mass is 32.2. The third-order valence-electron chi connectivity index (χ3n) is 4.76. The molecule has 0 atom stereocenters. The van der Waals surface area contributed by atoms with Crippen LogP contribution in [-0.4, -0.2) is 28.8 Å². The Morgan fingerprint density at radius 3 is 2.55 bits per heavy atom. The monoisotopic (exact) mass is 433 g/mol. The minimum Gasteiger partial charge on any atom is -0.452 e. The largest absolute Gasteiger partial charge is 0.452 e. The molecule has 0 saturated heterocycles. The van der Waals surface area contributed by atoms with Gasteiger partial charge in [0.1, 0.15) is 0 Å². The van der Waals surface area contributed by atoms with E-state index >= 15 is 0 Å². The molecule has 0 aliphatic heterocycles. The molecule has 158 valence electrons. The van der Waals surface area contributed by atoms with Gasteiger partial charge in [-0.25, -0.2) is 4.79 Å². The Morgan fingerprint density at radius 1 is 1.10 bits per heavy atom. The lowest BCUT2D eigenvalue weighted by Crippen LogP contribution is -2.21. The van der Waals surface area contributed by atoms with Gasteiger partial charge >= 0.3 is 5.97 Å². The molecule has 0 unspecified atom stereocenters. The first kappa shape index (κ1) is 22.2. The number of rotatable bonds is 8. The summed E-state index contributed by atoms with van der Waals surface area (Å²) in [5, 5.41) is 11.5. The lowest BCUT2D eigenvalue weighted by molar-refractivity contribution is -0.119. The number of benzene rings is 2. The van der Waals surface area contributed by atoms with Gasteiger partial charge in [0.15, 0.2) is 6.61 Å². The number of carbonyl (C=O) groups excluding carboxylic acids is 2. The van der Waals surface area contributed by atoms with Gasteiger partial charge in [0, 0.05) is 22.8 Å². The van der Waals surface area contributed by atoms with Crippen molar-refractivity contribution < 1.29 is 14.3 Å². The lowest BCUT2D eigenvalue weighted by atomic mass is 10.2. The number of nitrogens with zero attached hydrogens (tertiary/aromatic N) is 2. The first-order valence-corrected chi connectivity index (χ1v) is 10.7. The predicted octanol–water partition coefficient (Wildman–Crippen LogP) is 4.56. The summed E-state index contributed by atoms with van der Waals surface area (Å²) in [6.45, 7) is 4.08. The molecule has 0 aliphatic rings. The number of carbonyl (C=O) groups is 2. The number of anilines is 1. The second kappa shape index (κ2) is 10.5. The summed E-state index contributed by atoms with van der Waals surface area (Å²) in [6, 6.07) is 21.0. The quantitative estimate of drug-likeness (QED) is 0.416. The number of ether oxygens (including phenoxy) is 1. The van der Waals surface area contributed by atoms with Crippen LogP contribution in [0.1, 0.15) is 27.3 Å². The zero-order valence-corrected chi connectivity index (χ0v) is 18.2. The smallest absolute Gasteiger partial charge is 0.340 e. The Labute approximate surface area is 185 Å². The standard InChI is InChI=1S/C24H23N3O3S/c1-17-14-20(18(2)27(17)15-19-8-4-3-5-9-19)24(29)30-16-23(28)26-21-10-6-7-11-22(21)31-13-12-25/h3-11,14H,13,15-16H2,1-2H3,(H,26,28). The number of hydrogen-bond acceptors (Lipinski definition) is 5. The minimum atomic E-state index is -0.533. The van der Waals surface area contributed by atoms with Crippen molar-refractivity contribution in [2.45, 2.75) is 25.3 Å². The van der Waals surface area contributed by atoms with E-state index in [2.05, 4.69) is 16.0 Å². The van der Waals surface area contributed by atoms with Crippen LogP contribution in [0, 0.1) is 25.2 Å². The number of amides is 1. The van der Waals surface area contributed by atoms with Crippen molar-refractivity contribution >= 4 is 29.3 Å². The number of aromatic nitrogens is 1. The summed E-state index contributed by atoms with van der Waals surface area (Å²) in [5.41, 5.74) is 3.92. The van der Waals surface area contributed by atoms with Crippen LogP contribution in [0.4, 0.5) is 5.69 Å². The first-order chi connectivity index (χ1) is 15.0. The average molecular weight is 434 g/mol. The van der Waals surface area contributed by atoms with E-state index in [-0.39, 0.29) is 5.75 Å². The highest BCUT2D eigenvalue weighted by Crippen LogP contribution is 2.26. The Hall–Kier alpha value is -3.50. The molecule has 3 aromatic rings. The third kappa shape index (κ3) is 5.77. The van der Waals surface area contributed by atoms with Gasteiger partial charge in [0.2, 0.25) is 0 Å².